The summed E-state index contributed by atoms with van der Waals surface area (Å²) in [7, 11) is 1.63. The molecule has 0 aliphatic carbocycles. The second-order valence-corrected chi connectivity index (χ2v) is 5.53. The first kappa shape index (κ1) is 15.1. The molecule has 1 fully saturated rings. The first-order valence-electron chi connectivity index (χ1n) is 7.25. The van der Waals surface area contributed by atoms with Crippen molar-refractivity contribution in [2.24, 2.45) is 0 Å². The monoisotopic (exact) mass is 308 g/mol. The van der Waals surface area contributed by atoms with E-state index < -0.39 is 0 Å². The highest BCUT2D eigenvalue weighted by molar-refractivity contribution is 5.05. The summed E-state index contributed by atoms with van der Waals surface area (Å²) in [6.07, 6.45) is -0.133. The van der Waals surface area contributed by atoms with Gasteiger partial charge in [-0.15, -0.1) is 0 Å². The minimum Gasteiger partial charge on any atom is -0.377 e. The van der Waals surface area contributed by atoms with Crippen LogP contribution in [0.15, 0.2) is 15.1 Å². The molecule has 1 aliphatic rings. The van der Waals surface area contributed by atoms with Crippen molar-refractivity contribution in [2.75, 3.05) is 20.2 Å². The molecule has 0 aromatic carbocycles. The topological polar surface area (TPSA) is 86.7 Å². The third-order valence-electron chi connectivity index (χ3n) is 3.43. The van der Waals surface area contributed by atoms with Gasteiger partial charge in [0.05, 0.1) is 11.8 Å². The van der Waals surface area contributed by atoms with Crippen molar-refractivity contribution in [3.05, 3.63) is 29.2 Å². The molecule has 1 saturated heterocycles. The van der Waals surface area contributed by atoms with E-state index in [2.05, 4.69) is 20.2 Å². The minimum atomic E-state index is -0.213. The largest absolute Gasteiger partial charge is 0.377 e. The van der Waals surface area contributed by atoms with Crippen LogP contribution in [0.25, 0.3) is 0 Å². The molecule has 2 atom stereocenters. The van der Waals surface area contributed by atoms with E-state index in [4.69, 9.17) is 18.5 Å². The molecule has 8 nitrogen and oxygen atoms in total. The third kappa shape index (κ3) is 3.52. The lowest BCUT2D eigenvalue weighted by molar-refractivity contribution is -0.0934. The van der Waals surface area contributed by atoms with Crippen molar-refractivity contribution in [2.45, 2.75) is 39.2 Å². The molecule has 2 aromatic rings. The van der Waals surface area contributed by atoms with Gasteiger partial charge < -0.3 is 18.5 Å². The average molecular weight is 308 g/mol. The fourth-order valence-electron chi connectivity index (χ4n) is 2.62. The molecule has 22 heavy (non-hydrogen) atoms. The van der Waals surface area contributed by atoms with Gasteiger partial charge in [0.1, 0.15) is 12.7 Å². The van der Waals surface area contributed by atoms with Crippen LogP contribution in [-0.2, 0) is 22.6 Å². The van der Waals surface area contributed by atoms with Crippen molar-refractivity contribution in [3.8, 4) is 0 Å². The Labute approximate surface area is 128 Å². The molecule has 0 unspecified atom stereocenters. The van der Waals surface area contributed by atoms with Gasteiger partial charge in [0, 0.05) is 32.8 Å². The Morgan fingerprint density at radius 1 is 1.32 bits per heavy atom. The maximum atomic E-state index is 5.90. The fourth-order valence-corrected chi connectivity index (χ4v) is 2.62. The van der Waals surface area contributed by atoms with E-state index in [1.807, 2.05) is 13.0 Å². The van der Waals surface area contributed by atoms with E-state index in [1.165, 1.54) is 0 Å². The maximum absolute atomic E-state index is 5.90. The predicted octanol–water partition coefficient (Wildman–Crippen LogP) is 1.47. The van der Waals surface area contributed by atoms with Crippen molar-refractivity contribution in [1.29, 1.82) is 0 Å². The lowest BCUT2D eigenvalue weighted by Gasteiger charge is -2.34. The summed E-state index contributed by atoms with van der Waals surface area (Å²) in [5, 5.41) is 7.89. The zero-order chi connectivity index (χ0) is 15.5. The Morgan fingerprint density at radius 3 is 2.91 bits per heavy atom. The van der Waals surface area contributed by atoms with Gasteiger partial charge in [-0.2, -0.15) is 4.98 Å². The summed E-state index contributed by atoms with van der Waals surface area (Å²) in [6, 6.07) is 1.91. The maximum Gasteiger partial charge on any atom is 0.257 e. The Hall–Kier alpha value is -1.77. The van der Waals surface area contributed by atoms with Crippen LogP contribution >= 0.6 is 0 Å². The Morgan fingerprint density at radius 2 is 2.18 bits per heavy atom. The number of aryl methyl sites for hydroxylation is 1. The van der Waals surface area contributed by atoms with Crippen molar-refractivity contribution < 1.29 is 18.5 Å². The van der Waals surface area contributed by atoms with Gasteiger partial charge in [0.25, 0.3) is 5.89 Å². The fraction of sp³-hybridized carbons (Fsp3) is 0.643. The van der Waals surface area contributed by atoms with Crippen LogP contribution in [0.1, 0.15) is 36.2 Å². The van der Waals surface area contributed by atoms with Gasteiger partial charge in [-0.25, -0.2) is 0 Å². The van der Waals surface area contributed by atoms with E-state index >= 15 is 0 Å². The molecule has 120 valence electrons. The lowest BCUT2D eigenvalue weighted by Crippen LogP contribution is -2.42. The number of hydrogen-bond acceptors (Lipinski definition) is 8. The number of methoxy groups -OCH3 is 1. The summed E-state index contributed by atoms with van der Waals surface area (Å²) < 4.78 is 21.4. The van der Waals surface area contributed by atoms with E-state index in [0.717, 1.165) is 18.0 Å². The normalized spacial score (nSPS) is 23.0. The molecule has 8 heteroatoms. The number of hydrogen-bond donors (Lipinski definition) is 0. The highest BCUT2D eigenvalue weighted by Gasteiger charge is 2.30. The second kappa shape index (κ2) is 6.55. The summed E-state index contributed by atoms with van der Waals surface area (Å²) in [5.41, 5.74) is 0.876. The van der Waals surface area contributed by atoms with Crippen LogP contribution in [0.3, 0.4) is 0 Å². The number of aromatic nitrogens is 3. The molecule has 0 spiro atoms. The van der Waals surface area contributed by atoms with Crippen molar-refractivity contribution >= 4 is 0 Å². The number of rotatable bonds is 5. The van der Waals surface area contributed by atoms with Gasteiger partial charge in [0.2, 0.25) is 0 Å². The van der Waals surface area contributed by atoms with Gasteiger partial charge in [-0.3, -0.25) is 4.90 Å². The van der Waals surface area contributed by atoms with E-state index in [-0.39, 0.29) is 12.2 Å². The molecular formula is C14H20N4O4. The predicted molar refractivity (Wildman–Crippen MR) is 74.8 cm³/mol. The molecule has 0 N–H and O–H groups in total. The van der Waals surface area contributed by atoms with E-state index in [9.17, 15) is 0 Å². The molecule has 2 aromatic heterocycles. The number of nitrogens with zero attached hydrogens (tertiary/aromatic N) is 4. The molecule has 0 saturated carbocycles. The smallest absolute Gasteiger partial charge is 0.257 e. The highest BCUT2D eigenvalue weighted by Crippen LogP contribution is 2.25. The van der Waals surface area contributed by atoms with E-state index in [0.29, 0.717) is 31.4 Å². The molecule has 0 amide bonds. The average Bonchev–Trinajstić information content (AvgIpc) is 3.08. The molecule has 1 aliphatic heterocycles. The first-order valence-corrected chi connectivity index (χ1v) is 7.25. The summed E-state index contributed by atoms with van der Waals surface area (Å²) in [4.78, 5) is 6.50. The lowest BCUT2D eigenvalue weighted by atomic mass is 10.2. The van der Waals surface area contributed by atoms with Gasteiger partial charge >= 0.3 is 0 Å². The molecular weight excluding hydrogens is 288 g/mol. The summed E-state index contributed by atoms with van der Waals surface area (Å²) in [6.45, 7) is 6.43. The Kier molecular flexibility index (Phi) is 4.51. The SMILES string of the molecule is COCc1cc(CN2C[C@@H](C)O[C@@H](c3nc(C)no3)C2)no1. The zero-order valence-corrected chi connectivity index (χ0v) is 13.0. The Balaban J connectivity index is 1.65. The van der Waals surface area contributed by atoms with Crippen LogP contribution < -0.4 is 0 Å². The van der Waals surface area contributed by atoms with Gasteiger partial charge in [-0.05, 0) is 13.8 Å². The van der Waals surface area contributed by atoms with Crippen LogP contribution in [0.5, 0.6) is 0 Å². The number of ether oxygens (including phenoxy) is 2. The minimum absolute atomic E-state index is 0.0799. The molecule has 0 radical (unpaired) electrons. The quantitative estimate of drug-likeness (QED) is 0.821. The summed E-state index contributed by atoms with van der Waals surface area (Å²) >= 11 is 0. The van der Waals surface area contributed by atoms with E-state index in [1.54, 1.807) is 14.0 Å². The van der Waals surface area contributed by atoms with Crippen LogP contribution in [-0.4, -0.2) is 46.5 Å². The van der Waals surface area contributed by atoms with Gasteiger partial charge in [-0.1, -0.05) is 10.3 Å². The third-order valence-corrected chi connectivity index (χ3v) is 3.43. The molecule has 3 heterocycles. The molecule has 3 rings (SSSR count). The Bertz CT molecular complexity index is 612. The highest BCUT2D eigenvalue weighted by atomic mass is 16.5. The van der Waals surface area contributed by atoms with Crippen LogP contribution in [0.2, 0.25) is 0 Å². The number of morpholine rings is 1. The van der Waals surface area contributed by atoms with Crippen LogP contribution in [0.4, 0.5) is 0 Å². The van der Waals surface area contributed by atoms with Crippen molar-refractivity contribution in [1.82, 2.24) is 20.2 Å². The standard InChI is InChI=1S/C14H20N4O4/c1-9-5-18(6-11-4-12(8-19-3)21-17-11)7-13(20-9)14-15-10(2)16-22-14/h4,9,13H,5-8H2,1-3H3/t9-,13-/m1/s1. The van der Waals surface area contributed by atoms with Crippen molar-refractivity contribution in [3.63, 3.8) is 0 Å². The van der Waals surface area contributed by atoms with Crippen LogP contribution in [0, 0.1) is 6.92 Å². The summed E-state index contributed by atoms with van der Waals surface area (Å²) in [5.74, 6) is 1.86. The van der Waals surface area contributed by atoms with Gasteiger partial charge in [0.15, 0.2) is 11.6 Å². The molecule has 0 bridgehead atoms. The second-order valence-electron chi connectivity index (χ2n) is 5.53. The first-order chi connectivity index (χ1) is 10.6. The zero-order valence-electron chi connectivity index (χ0n) is 13.0.